The minimum absolute atomic E-state index is 0.0584. The Morgan fingerprint density at radius 1 is 1.17 bits per heavy atom. The van der Waals surface area contributed by atoms with Gasteiger partial charge in [0.25, 0.3) is 5.91 Å². The van der Waals surface area contributed by atoms with E-state index in [0.29, 0.717) is 33.1 Å². The van der Waals surface area contributed by atoms with Crippen LogP contribution >= 0.6 is 11.6 Å². The van der Waals surface area contributed by atoms with Crippen LogP contribution in [0.25, 0.3) is 22.6 Å². The number of halogens is 1. The summed E-state index contributed by atoms with van der Waals surface area (Å²) in [5, 5.41) is 0.480. The van der Waals surface area contributed by atoms with Crippen LogP contribution in [0.15, 0.2) is 41.1 Å². The highest BCUT2D eigenvalue weighted by molar-refractivity contribution is 6.33. The van der Waals surface area contributed by atoms with Gasteiger partial charge in [-0.15, -0.1) is 0 Å². The molecule has 1 aromatic carbocycles. The summed E-state index contributed by atoms with van der Waals surface area (Å²) in [4.78, 5) is 23.0. The van der Waals surface area contributed by atoms with Crippen molar-refractivity contribution in [3.05, 3.63) is 47.2 Å². The van der Waals surface area contributed by atoms with Gasteiger partial charge in [0.15, 0.2) is 5.58 Å². The Hall–Kier alpha value is -2.40. The van der Waals surface area contributed by atoms with E-state index in [-0.39, 0.29) is 5.91 Å². The third kappa shape index (κ3) is 2.76. The van der Waals surface area contributed by atoms with Crippen molar-refractivity contribution in [2.24, 2.45) is 0 Å². The van der Waals surface area contributed by atoms with E-state index in [1.165, 1.54) is 6.42 Å². The molecule has 24 heavy (non-hydrogen) atoms. The van der Waals surface area contributed by atoms with E-state index in [1.54, 1.807) is 36.7 Å². The summed E-state index contributed by atoms with van der Waals surface area (Å²) in [7, 11) is 0. The predicted molar refractivity (Wildman–Crippen MR) is 92.0 cm³/mol. The fourth-order valence-electron chi connectivity index (χ4n) is 3.00. The van der Waals surface area contributed by atoms with Crippen molar-refractivity contribution in [1.29, 1.82) is 0 Å². The van der Waals surface area contributed by atoms with Crippen molar-refractivity contribution in [3.8, 4) is 11.5 Å². The van der Waals surface area contributed by atoms with E-state index in [2.05, 4.69) is 9.97 Å². The average Bonchev–Trinajstić information content (AvgIpc) is 3.05. The van der Waals surface area contributed by atoms with Crippen molar-refractivity contribution >= 4 is 28.6 Å². The maximum atomic E-state index is 12.6. The van der Waals surface area contributed by atoms with E-state index < -0.39 is 0 Å². The number of piperidine rings is 1. The number of aromatic nitrogens is 2. The number of fused-ring (bicyclic) bond motifs is 1. The predicted octanol–water partition coefficient (Wildman–Crippen LogP) is 4.17. The van der Waals surface area contributed by atoms with Gasteiger partial charge in [0.1, 0.15) is 5.52 Å². The number of pyridine rings is 1. The van der Waals surface area contributed by atoms with Gasteiger partial charge in [0, 0.05) is 31.0 Å². The lowest BCUT2D eigenvalue weighted by atomic mass is 10.1. The van der Waals surface area contributed by atoms with E-state index in [1.807, 2.05) is 4.90 Å². The molecule has 0 radical (unpaired) electrons. The monoisotopic (exact) mass is 341 g/mol. The maximum Gasteiger partial charge on any atom is 0.253 e. The fraction of sp³-hybridized carbons (Fsp3) is 0.278. The molecular weight excluding hydrogens is 326 g/mol. The molecule has 6 heteroatoms. The average molecular weight is 342 g/mol. The van der Waals surface area contributed by atoms with Crippen LogP contribution in [0.4, 0.5) is 0 Å². The number of carbonyl (C=O) groups excluding carboxylic acids is 1. The molecule has 1 fully saturated rings. The minimum Gasteiger partial charge on any atom is -0.436 e. The van der Waals surface area contributed by atoms with Gasteiger partial charge in [-0.25, -0.2) is 4.98 Å². The van der Waals surface area contributed by atoms with Gasteiger partial charge in [-0.3, -0.25) is 9.78 Å². The number of benzene rings is 1. The lowest BCUT2D eigenvalue weighted by molar-refractivity contribution is 0.0724. The van der Waals surface area contributed by atoms with Crippen molar-refractivity contribution in [3.63, 3.8) is 0 Å². The quantitative estimate of drug-likeness (QED) is 0.702. The molecule has 0 unspecified atom stereocenters. The molecule has 3 heterocycles. The van der Waals surface area contributed by atoms with E-state index in [0.717, 1.165) is 25.9 Å². The molecule has 5 nitrogen and oxygen atoms in total. The molecule has 0 aliphatic carbocycles. The van der Waals surface area contributed by atoms with E-state index in [9.17, 15) is 4.79 Å². The zero-order chi connectivity index (χ0) is 16.5. The van der Waals surface area contributed by atoms with Crippen molar-refractivity contribution < 1.29 is 9.21 Å². The second-order valence-electron chi connectivity index (χ2n) is 5.91. The van der Waals surface area contributed by atoms with Crippen molar-refractivity contribution in [1.82, 2.24) is 14.9 Å². The van der Waals surface area contributed by atoms with Gasteiger partial charge >= 0.3 is 0 Å². The standard InChI is InChI=1S/C18H16ClN3O2/c19-14-11-20-7-6-13(14)17-21-15-10-12(4-5-16(15)24-17)18(23)22-8-2-1-3-9-22/h4-7,10-11H,1-3,8-9H2. The zero-order valence-corrected chi connectivity index (χ0v) is 13.8. The highest BCUT2D eigenvalue weighted by atomic mass is 35.5. The number of oxazole rings is 1. The lowest BCUT2D eigenvalue weighted by Crippen LogP contribution is -2.35. The number of carbonyl (C=O) groups is 1. The molecule has 122 valence electrons. The molecule has 1 aliphatic rings. The van der Waals surface area contributed by atoms with Crippen molar-refractivity contribution in [2.75, 3.05) is 13.1 Å². The molecule has 4 rings (SSSR count). The molecule has 3 aromatic rings. The number of hydrogen-bond acceptors (Lipinski definition) is 4. The van der Waals surface area contributed by atoms with Crippen LogP contribution in [0.1, 0.15) is 29.6 Å². The van der Waals surface area contributed by atoms with Crippen LogP contribution < -0.4 is 0 Å². The fourth-order valence-corrected chi connectivity index (χ4v) is 3.20. The smallest absolute Gasteiger partial charge is 0.253 e. The summed E-state index contributed by atoms with van der Waals surface area (Å²) in [6, 6.07) is 7.13. The number of likely N-dealkylation sites (tertiary alicyclic amines) is 1. The third-order valence-electron chi connectivity index (χ3n) is 4.28. The zero-order valence-electron chi connectivity index (χ0n) is 13.0. The number of rotatable bonds is 2. The van der Waals surface area contributed by atoms with Crippen LogP contribution in [0.5, 0.6) is 0 Å². The van der Waals surface area contributed by atoms with Gasteiger partial charge in [-0.1, -0.05) is 11.6 Å². The molecule has 0 bridgehead atoms. The first kappa shape index (κ1) is 15.1. The number of amides is 1. The van der Waals surface area contributed by atoms with Crippen molar-refractivity contribution in [2.45, 2.75) is 19.3 Å². The van der Waals surface area contributed by atoms with Crippen LogP contribution in [-0.4, -0.2) is 33.9 Å². The second-order valence-corrected chi connectivity index (χ2v) is 6.32. The topological polar surface area (TPSA) is 59.2 Å². The van der Waals surface area contributed by atoms with Gasteiger partial charge in [-0.2, -0.15) is 0 Å². The Labute approximate surface area is 144 Å². The summed E-state index contributed by atoms with van der Waals surface area (Å²) in [5.74, 6) is 0.489. The van der Waals surface area contributed by atoms with Crippen LogP contribution in [0.2, 0.25) is 5.02 Å². The molecule has 1 aliphatic heterocycles. The molecule has 1 amide bonds. The Kier molecular flexibility index (Phi) is 3.94. The largest absolute Gasteiger partial charge is 0.436 e. The summed E-state index contributed by atoms with van der Waals surface area (Å²) < 4.78 is 5.77. The second kappa shape index (κ2) is 6.24. The summed E-state index contributed by atoms with van der Waals surface area (Å²) in [6.45, 7) is 1.65. The molecule has 1 saturated heterocycles. The molecule has 0 spiro atoms. The lowest BCUT2D eigenvalue weighted by Gasteiger charge is -2.26. The normalized spacial score (nSPS) is 15.0. The van der Waals surface area contributed by atoms with Gasteiger partial charge in [-0.05, 0) is 43.5 Å². The summed E-state index contributed by atoms with van der Waals surface area (Å²) >= 11 is 6.15. The number of nitrogens with zero attached hydrogens (tertiary/aromatic N) is 3. The summed E-state index contributed by atoms with van der Waals surface area (Å²) in [6.07, 6.45) is 6.53. The van der Waals surface area contributed by atoms with E-state index in [4.69, 9.17) is 16.0 Å². The van der Waals surface area contributed by atoms with Crippen LogP contribution in [0, 0.1) is 0 Å². The highest BCUT2D eigenvalue weighted by Crippen LogP contribution is 2.29. The summed E-state index contributed by atoms with van der Waals surface area (Å²) in [5.41, 5.74) is 2.62. The SMILES string of the molecule is O=C(c1ccc2oc(-c3ccncc3Cl)nc2c1)N1CCCCC1. The first-order valence-electron chi connectivity index (χ1n) is 8.02. The maximum absolute atomic E-state index is 12.6. The molecular formula is C18H16ClN3O2. The first-order valence-corrected chi connectivity index (χ1v) is 8.40. The van der Waals surface area contributed by atoms with Crippen LogP contribution in [0.3, 0.4) is 0 Å². The van der Waals surface area contributed by atoms with Gasteiger partial charge in [0.05, 0.1) is 10.6 Å². The van der Waals surface area contributed by atoms with E-state index >= 15 is 0 Å². The highest BCUT2D eigenvalue weighted by Gasteiger charge is 2.19. The third-order valence-corrected chi connectivity index (χ3v) is 4.58. The minimum atomic E-state index is 0.0584. The van der Waals surface area contributed by atoms with Gasteiger partial charge < -0.3 is 9.32 Å². The Morgan fingerprint density at radius 3 is 2.79 bits per heavy atom. The Balaban J connectivity index is 1.68. The number of hydrogen-bond donors (Lipinski definition) is 0. The molecule has 0 saturated carbocycles. The Bertz CT molecular complexity index is 900. The van der Waals surface area contributed by atoms with Gasteiger partial charge in [0.2, 0.25) is 5.89 Å². The molecule has 2 aromatic heterocycles. The Morgan fingerprint density at radius 2 is 2.00 bits per heavy atom. The first-order chi connectivity index (χ1) is 11.7. The molecule has 0 atom stereocenters. The van der Waals surface area contributed by atoms with Crippen LogP contribution in [-0.2, 0) is 0 Å². The molecule has 0 N–H and O–H groups in total.